The Morgan fingerprint density at radius 3 is 2.38 bits per heavy atom. The van der Waals surface area contributed by atoms with Crippen molar-refractivity contribution in [3.63, 3.8) is 0 Å². The molecule has 114 valence electrons. The van der Waals surface area contributed by atoms with Gasteiger partial charge in [0.1, 0.15) is 0 Å². The largest absolute Gasteiger partial charge is 0.493 e. The Morgan fingerprint density at radius 2 is 1.76 bits per heavy atom. The smallest absolute Gasteiger partial charge is 0.201 e. The Labute approximate surface area is 124 Å². The summed E-state index contributed by atoms with van der Waals surface area (Å²) in [6.07, 6.45) is 2.17. The number of anilines is 1. The number of nitrogens with two attached hydrogens (primary N) is 1. The Kier molecular flexibility index (Phi) is 3.63. The van der Waals surface area contributed by atoms with Crippen molar-refractivity contribution in [1.29, 1.82) is 0 Å². The lowest BCUT2D eigenvalue weighted by molar-refractivity contribution is 0.225. The van der Waals surface area contributed by atoms with Crippen molar-refractivity contribution in [1.82, 2.24) is 14.5 Å². The summed E-state index contributed by atoms with van der Waals surface area (Å²) in [6, 6.07) is 4.25. The summed E-state index contributed by atoms with van der Waals surface area (Å²) in [4.78, 5) is 6.83. The van der Waals surface area contributed by atoms with Crippen molar-refractivity contribution in [2.24, 2.45) is 0 Å². The Hall–Kier alpha value is -1.95. The number of nitrogen functional groups attached to an aromatic ring is 1. The third-order valence-electron chi connectivity index (χ3n) is 4.28. The molecule has 1 aliphatic rings. The van der Waals surface area contributed by atoms with E-state index in [0.717, 1.165) is 37.0 Å². The fraction of sp³-hybridized carbons (Fsp3) is 0.533. The molecule has 21 heavy (non-hydrogen) atoms. The molecule has 1 saturated heterocycles. The van der Waals surface area contributed by atoms with Gasteiger partial charge in [0.25, 0.3) is 0 Å². The van der Waals surface area contributed by atoms with Gasteiger partial charge in [-0.1, -0.05) is 0 Å². The molecule has 0 spiro atoms. The molecule has 3 rings (SSSR count). The van der Waals surface area contributed by atoms with Gasteiger partial charge in [0.15, 0.2) is 11.5 Å². The van der Waals surface area contributed by atoms with E-state index in [1.54, 1.807) is 14.2 Å². The molecule has 0 atom stereocenters. The van der Waals surface area contributed by atoms with Crippen molar-refractivity contribution in [2.75, 3.05) is 40.1 Å². The highest BCUT2D eigenvalue weighted by Crippen LogP contribution is 2.36. The third kappa shape index (κ3) is 2.40. The average Bonchev–Trinajstić information content (AvgIpc) is 2.81. The Bertz CT molecular complexity index is 645. The van der Waals surface area contributed by atoms with E-state index in [-0.39, 0.29) is 0 Å². The molecule has 6 heteroatoms. The van der Waals surface area contributed by atoms with Gasteiger partial charge in [-0.15, -0.1) is 0 Å². The van der Waals surface area contributed by atoms with E-state index in [1.165, 1.54) is 0 Å². The van der Waals surface area contributed by atoms with Crippen LogP contribution in [0.5, 0.6) is 11.5 Å². The van der Waals surface area contributed by atoms with E-state index in [1.807, 2.05) is 12.1 Å². The molecule has 2 aromatic rings. The topological polar surface area (TPSA) is 65.5 Å². The van der Waals surface area contributed by atoms with Gasteiger partial charge in [-0.25, -0.2) is 4.98 Å². The number of benzene rings is 1. The first-order chi connectivity index (χ1) is 10.1. The number of piperidine rings is 1. The maximum atomic E-state index is 6.16. The zero-order chi connectivity index (χ0) is 15.0. The van der Waals surface area contributed by atoms with Crippen molar-refractivity contribution in [2.45, 2.75) is 18.9 Å². The molecule has 1 aromatic heterocycles. The number of aromatic nitrogens is 2. The van der Waals surface area contributed by atoms with Crippen LogP contribution < -0.4 is 15.2 Å². The molecular weight excluding hydrogens is 268 g/mol. The number of fused-ring (bicyclic) bond motifs is 1. The molecule has 1 fully saturated rings. The first-order valence-corrected chi connectivity index (χ1v) is 7.22. The van der Waals surface area contributed by atoms with Gasteiger partial charge in [-0.05, 0) is 33.0 Å². The number of imidazole rings is 1. The third-order valence-corrected chi connectivity index (χ3v) is 4.28. The molecule has 2 heterocycles. The second-order valence-corrected chi connectivity index (χ2v) is 5.57. The van der Waals surface area contributed by atoms with Crippen LogP contribution in [0.4, 0.5) is 5.95 Å². The number of ether oxygens (including phenoxy) is 2. The normalized spacial score (nSPS) is 17.3. The molecule has 2 N–H and O–H groups in total. The molecule has 0 aliphatic carbocycles. The molecule has 0 amide bonds. The highest BCUT2D eigenvalue weighted by Gasteiger charge is 2.23. The quantitative estimate of drug-likeness (QED) is 0.935. The summed E-state index contributed by atoms with van der Waals surface area (Å²) < 4.78 is 12.9. The highest BCUT2D eigenvalue weighted by molar-refractivity contribution is 5.82. The predicted octanol–water partition coefficient (Wildman–Crippen LogP) is 1.90. The zero-order valence-corrected chi connectivity index (χ0v) is 12.8. The summed E-state index contributed by atoms with van der Waals surface area (Å²) in [5, 5.41) is 0. The SMILES string of the molecule is COc1cc2nc(N)n(C3CCN(C)CC3)c2cc1OC. The minimum atomic E-state index is 0.393. The molecule has 1 aromatic carbocycles. The molecule has 0 saturated carbocycles. The lowest BCUT2D eigenvalue weighted by atomic mass is 10.1. The summed E-state index contributed by atoms with van der Waals surface area (Å²) in [6.45, 7) is 2.16. The lowest BCUT2D eigenvalue weighted by Crippen LogP contribution is -2.31. The number of nitrogens with zero attached hydrogens (tertiary/aromatic N) is 3. The molecular formula is C15H22N4O2. The van der Waals surface area contributed by atoms with Gasteiger partial charge in [0.05, 0.1) is 25.3 Å². The van der Waals surface area contributed by atoms with Crippen LogP contribution in [0, 0.1) is 0 Å². The first-order valence-electron chi connectivity index (χ1n) is 7.22. The number of methoxy groups -OCH3 is 2. The lowest BCUT2D eigenvalue weighted by Gasteiger charge is -2.30. The van der Waals surface area contributed by atoms with Crippen LogP contribution >= 0.6 is 0 Å². The number of hydrogen-bond acceptors (Lipinski definition) is 5. The van der Waals surface area contributed by atoms with Gasteiger partial charge in [0.2, 0.25) is 5.95 Å². The summed E-state index contributed by atoms with van der Waals surface area (Å²) in [5.74, 6) is 1.95. The van der Waals surface area contributed by atoms with Crippen LogP contribution in [0.15, 0.2) is 12.1 Å². The van der Waals surface area contributed by atoms with Crippen LogP contribution in [0.2, 0.25) is 0 Å². The minimum Gasteiger partial charge on any atom is -0.493 e. The van der Waals surface area contributed by atoms with Crippen molar-refractivity contribution in [3.05, 3.63) is 12.1 Å². The van der Waals surface area contributed by atoms with Crippen LogP contribution in [0.3, 0.4) is 0 Å². The second kappa shape index (κ2) is 5.44. The first kappa shape index (κ1) is 14.0. The maximum absolute atomic E-state index is 6.16. The number of rotatable bonds is 3. The summed E-state index contributed by atoms with van der Waals surface area (Å²) in [7, 11) is 5.42. The van der Waals surface area contributed by atoms with Crippen LogP contribution in [-0.4, -0.2) is 48.8 Å². The van der Waals surface area contributed by atoms with E-state index in [4.69, 9.17) is 15.2 Å². The van der Waals surface area contributed by atoms with Gasteiger partial charge >= 0.3 is 0 Å². The average molecular weight is 290 g/mol. The van der Waals surface area contributed by atoms with Gasteiger partial charge in [0, 0.05) is 18.2 Å². The van der Waals surface area contributed by atoms with Crippen LogP contribution in [0.1, 0.15) is 18.9 Å². The van der Waals surface area contributed by atoms with E-state index in [9.17, 15) is 0 Å². The van der Waals surface area contributed by atoms with Gasteiger partial charge < -0.3 is 24.7 Å². The molecule has 0 unspecified atom stereocenters. The standard InChI is InChI=1S/C15H22N4O2/c1-18-6-4-10(5-7-18)19-12-9-14(21-3)13(20-2)8-11(12)17-15(19)16/h8-10H,4-7H2,1-3H3,(H2,16,17). The molecule has 1 aliphatic heterocycles. The van der Waals surface area contributed by atoms with E-state index >= 15 is 0 Å². The Balaban J connectivity index is 2.07. The molecule has 0 bridgehead atoms. The number of hydrogen-bond donors (Lipinski definition) is 1. The van der Waals surface area contributed by atoms with E-state index in [0.29, 0.717) is 23.5 Å². The fourth-order valence-corrected chi connectivity index (χ4v) is 3.08. The van der Waals surface area contributed by atoms with Crippen molar-refractivity contribution in [3.8, 4) is 11.5 Å². The van der Waals surface area contributed by atoms with E-state index < -0.39 is 0 Å². The Morgan fingerprint density at radius 1 is 1.14 bits per heavy atom. The van der Waals surface area contributed by atoms with Crippen molar-refractivity contribution < 1.29 is 9.47 Å². The highest BCUT2D eigenvalue weighted by atomic mass is 16.5. The predicted molar refractivity (Wildman–Crippen MR) is 83.0 cm³/mol. The number of likely N-dealkylation sites (tertiary alicyclic amines) is 1. The minimum absolute atomic E-state index is 0.393. The van der Waals surface area contributed by atoms with Gasteiger partial charge in [-0.2, -0.15) is 0 Å². The molecule has 0 radical (unpaired) electrons. The van der Waals surface area contributed by atoms with Gasteiger partial charge in [-0.3, -0.25) is 0 Å². The van der Waals surface area contributed by atoms with Crippen molar-refractivity contribution >= 4 is 17.0 Å². The molecule has 6 nitrogen and oxygen atoms in total. The fourth-order valence-electron chi connectivity index (χ4n) is 3.08. The summed E-state index contributed by atoms with van der Waals surface area (Å²) in [5.41, 5.74) is 8.02. The second-order valence-electron chi connectivity index (χ2n) is 5.57. The summed E-state index contributed by atoms with van der Waals surface area (Å²) >= 11 is 0. The maximum Gasteiger partial charge on any atom is 0.201 e. The monoisotopic (exact) mass is 290 g/mol. The van der Waals surface area contributed by atoms with Crippen LogP contribution in [0.25, 0.3) is 11.0 Å². The van der Waals surface area contributed by atoms with E-state index in [2.05, 4.69) is 21.5 Å². The van der Waals surface area contributed by atoms with Crippen LogP contribution in [-0.2, 0) is 0 Å². The zero-order valence-electron chi connectivity index (χ0n) is 12.8.